The number of benzene rings is 1. The summed E-state index contributed by atoms with van der Waals surface area (Å²) in [4.78, 5) is 17.3. The lowest BCUT2D eigenvalue weighted by molar-refractivity contribution is -0.144. The highest BCUT2D eigenvalue weighted by Gasteiger charge is 2.31. The Morgan fingerprint density at radius 3 is 2.83 bits per heavy atom. The van der Waals surface area contributed by atoms with Gasteiger partial charge in [-0.05, 0) is 25.5 Å². The quantitative estimate of drug-likeness (QED) is 0.786. The van der Waals surface area contributed by atoms with Crippen molar-refractivity contribution in [1.82, 2.24) is 0 Å². The van der Waals surface area contributed by atoms with E-state index < -0.39 is 0 Å². The molecule has 0 saturated carbocycles. The van der Waals surface area contributed by atoms with Crippen LogP contribution in [0.4, 0.5) is 0 Å². The maximum Gasteiger partial charge on any atom is 0.330 e. The molecule has 18 heavy (non-hydrogen) atoms. The van der Waals surface area contributed by atoms with Crippen molar-refractivity contribution in [3.05, 3.63) is 30.3 Å². The van der Waals surface area contributed by atoms with Gasteiger partial charge in [0.1, 0.15) is 6.04 Å². The van der Waals surface area contributed by atoms with Gasteiger partial charge in [0.25, 0.3) is 0 Å². The molecule has 3 nitrogen and oxygen atoms in total. The van der Waals surface area contributed by atoms with E-state index in [2.05, 4.69) is 24.0 Å². The number of nitrogens with zero attached hydrogens (tertiary/aromatic N) is 1. The standard InChI is InChI=1S/C14H17NO2S/c1-3-17-14(16)12-9-10(2)13(15-12)18-11-7-5-4-6-8-11/h4-8,10,12H,3,9H2,1-2H3. The SMILES string of the molecule is CCOC(=O)C1CC(C)C(Sc2ccccc2)=N1. The molecule has 0 aliphatic carbocycles. The number of thioether (sulfide) groups is 1. The minimum Gasteiger partial charge on any atom is -0.464 e. The van der Waals surface area contributed by atoms with Crippen molar-refractivity contribution in [2.45, 2.75) is 31.2 Å². The largest absolute Gasteiger partial charge is 0.464 e. The van der Waals surface area contributed by atoms with Crippen LogP contribution in [0.3, 0.4) is 0 Å². The van der Waals surface area contributed by atoms with E-state index in [9.17, 15) is 4.79 Å². The molecule has 0 radical (unpaired) electrons. The van der Waals surface area contributed by atoms with Crippen molar-refractivity contribution < 1.29 is 9.53 Å². The molecule has 1 aliphatic rings. The molecule has 96 valence electrons. The van der Waals surface area contributed by atoms with Crippen molar-refractivity contribution in [3.63, 3.8) is 0 Å². The summed E-state index contributed by atoms with van der Waals surface area (Å²) in [5.41, 5.74) is 0. The van der Waals surface area contributed by atoms with E-state index in [1.165, 1.54) is 0 Å². The van der Waals surface area contributed by atoms with Crippen LogP contribution >= 0.6 is 11.8 Å². The summed E-state index contributed by atoms with van der Waals surface area (Å²) in [6.07, 6.45) is 0.758. The van der Waals surface area contributed by atoms with Gasteiger partial charge in [-0.1, -0.05) is 36.9 Å². The summed E-state index contributed by atoms with van der Waals surface area (Å²) in [5.74, 6) is 0.123. The molecule has 0 N–H and O–H groups in total. The highest BCUT2D eigenvalue weighted by atomic mass is 32.2. The molecule has 2 unspecified atom stereocenters. The zero-order valence-electron chi connectivity index (χ0n) is 10.6. The number of carbonyl (C=O) groups is 1. The van der Waals surface area contributed by atoms with Gasteiger partial charge in [-0.2, -0.15) is 0 Å². The van der Waals surface area contributed by atoms with Gasteiger partial charge in [-0.25, -0.2) is 4.79 Å². The molecule has 1 aromatic carbocycles. The van der Waals surface area contributed by atoms with Crippen LogP contribution in [0.1, 0.15) is 20.3 Å². The Balaban J connectivity index is 2.04. The Morgan fingerprint density at radius 1 is 1.44 bits per heavy atom. The number of hydrogen-bond donors (Lipinski definition) is 0. The van der Waals surface area contributed by atoms with E-state index in [0.717, 1.165) is 16.4 Å². The molecule has 2 rings (SSSR count). The predicted octanol–water partition coefficient (Wildman–Crippen LogP) is 3.15. The minimum absolute atomic E-state index is 0.201. The average Bonchev–Trinajstić information content (AvgIpc) is 2.73. The van der Waals surface area contributed by atoms with E-state index >= 15 is 0 Å². The van der Waals surface area contributed by atoms with Crippen LogP contribution in [0.15, 0.2) is 40.2 Å². The van der Waals surface area contributed by atoms with Gasteiger partial charge >= 0.3 is 5.97 Å². The third-order valence-corrected chi connectivity index (χ3v) is 4.03. The lowest BCUT2D eigenvalue weighted by Crippen LogP contribution is -2.19. The fourth-order valence-electron chi connectivity index (χ4n) is 1.89. The average molecular weight is 263 g/mol. The lowest BCUT2D eigenvalue weighted by atomic mass is 10.1. The second-order valence-corrected chi connectivity index (χ2v) is 5.38. The molecule has 0 fully saturated rings. The van der Waals surface area contributed by atoms with Crippen molar-refractivity contribution in [2.24, 2.45) is 10.9 Å². The molecule has 0 amide bonds. The van der Waals surface area contributed by atoms with E-state index in [0.29, 0.717) is 12.5 Å². The topological polar surface area (TPSA) is 38.7 Å². The maximum atomic E-state index is 11.7. The van der Waals surface area contributed by atoms with Crippen LogP contribution in [0.25, 0.3) is 0 Å². The van der Waals surface area contributed by atoms with E-state index in [1.807, 2.05) is 25.1 Å². The van der Waals surface area contributed by atoms with Crippen LogP contribution in [0.5, 0.6) is 0 Å². The predicted molar refractivity (Wildman–Crippen MR) is 73.9 cm³/mol. The zero-order chi connectivity index (χ0) is 13.0. The normalized spacial score (nSPS) is 22.7. The molecule has 0 spiro atoms. The summed E-state index contributed by atoms with van der Waals surface area (Å²) >= 11 is 1.64. The first kappa shape index (κ1) is 13.1. The number of esters is 1. The summed E-state index contributed by atoms with van der Waals surface area (Å²) < 4.78 is 5.02. The molecule has 1 heterocycles. The fraction of sp³-hybridized carbons (Fsp3) is 0.429. The van der Waals surface area contributed by atoms with Gasteiger partial charge in [0.05, 0.1) is 11.7 Å². The number of aliphatic imine (C=N–C) groups is 1. The lowest BCUT2D eigenvalue weighted by Gasteiger charge is -2.06. The van der Waals surface area contributed by atoms with E-state index in [1.54, 1.807) is 11.8 Å². The Labute approximate surface area is 112 Å². The summed E-state index contributed by atoms with van der Waals surface area (Å²) in [6, 6.07) is 9.79. The van der Waals surface area contributed by atoms with Crippen molar-refractivity contribution in [3.8, 4) is 0 Å². The molecular weight excluding hydrogens is 246 g/mol. The second-order valence-electron chi connectivity index (χ2n) is 4.29. The van der Waals surface area contributed by atoms with Gasteiger partial charge < -0.3 is 4.74 Å². The fourth-order valence-corrected chi connectivity index (χ4v) is 2.90. The van der Waals surface area contributed by atoms with E-state index in [4.69, 9.17) is 4.74 Å². The Bertz CT molecular complexity index is 444. The molecular formula is C14H17NO2S. The first-order chi connectivity index (χ1) is 8.70. The summed E-state index contributed by atoms with van der Waals surface area (Å²) in [5, 5.41) is 1.03. The van der Waals surface area contributed by atoms with Crippen molar-refractivity contribution >= 4 is 22.8 Å². The maximum absolute atomic E-state index is 11.7. The van der Waals surface area contributed by atoms with Gasteiger partial charge in [-0.15, -0.1) is 0 Å². The Hall–Kier alpha value is -1.29. The van der Waals surface area contributed by atoms with Crippen molar-refractivity contribution in [2.75, 3.05) is 6.61 Å². The Morgan fingerprint density at radius 2 is 2.17 bits per heavy atom. The third-order valence-electron chi connectivity index (χ3n) is 2.81. The minimum atomic E-state index is -0.314. The molecule has 0 bridgehead atoms. The van der Waals surface area contributed by atoms with Gasteiger partial charge in [-0.3, -0.25) is 4.99 Å². The van der Waals surface area contributed by atoms with Gasteiger partial charge in [0.15, 0.2) is 0 Å². The molecule has 1 aromatic rings. The molecule has 0 saturated heterocycles. The number of ether oxygens (including phenoxy) is 1. The number of rotatable bonds is 3. The van der Waals surface area contributed by atoms with Gasteiger partial charge in [0.2, 0.25) is 0 Å². The monoisotopic (exact) mass is 263 g/mol. The first-order valence-corrected chi connectivity index (χ1v) is 6.99. The van der Waals surface area contributed by atoms with Crippen LogP contribution in [-0.4, -0.2) is 23.7 Å². The van der Waals surface area contributed by atoms with Crippen molar-refractivity contribution in [1.29, 1.82) is 0 Å². The first-order valence-electron chi connectivity index (χ1n) is 6.18. The number of carbonyl (C=O) groups excluding carboxylic acids is 1. The van der Waals surface area contributed by atoms with Gasteiger partial charge in [0, 0.05) is 10.8 Å². The van der Waals surface area contributed by atoms with Crippen LogP contribution < -0.4 is 0 Å². The second kappa shape index (κ2) is 6.05. The zero-order valence-corrected chi connectivity index (χ0v) is 11.4. The molecule has 4 heteroatoms. The van der Waals surface area contributed by atoms with E-state index in [-0.39, 0.29) is 12.0 Å². The molecule has 2 atom stereocenters. The Kier molecular flexibility index (Phi) is 4.42. The highest BCUT2D eigenvalue weighted by molar-refractivity contribution is 8.14. The summed E-state index contributed by atoms with van der Waals surface area (Å²) in [6.45, 7) is 4.34. The third kappa shape index (κ3) is 3.13. The number of hydrogen-bond acceptors (Lipinski definition) is 4. The summed E-state index contributed by atoms with van der Waals surface area (Å²) in [7, 11) is 0. The van der Waals surface area contributed by atoms with Crippen LogP contribution in [0, 0.1) is 5.92 Å². The smallest absolute Gasteiger partial charge is 0.330 e. The van der Waals surface area contributed by atoms with Crippen LogP contribution in [-0.2, 0) is 9.53 Å². The molecule has 0 aromatic heterocycles. The highest BCUT2D eigenvalue weighted by Crippen LogP contribution is 2.31. The molecule has 1 aliphatic heterocycles. The van der Waals surface area contributed by atoms with Crippen LogP contribution in [0.2, 0.25) is 0 Å².